The summed E-state index contributed by atoms with van der Waals surface area (Å²) < 4.78 is 54.9. The van der Waals surface area contributed by atoms with Gasteiger partial charge in [0.05, 0.1) is 6.21 Å². The molecule has 0 saturated heterocycles. The monoisotopic (exact) mass is 403 g/mol. The third-order valence-corrected chi connectivity index (χ3v) is 3.52. The number of aryl methyl sites for hydroxylation is 1. The number of hydrogen-bond donors (Lipinski definition) is 3. The first-order valence-corrected chi connectivity index (χ1v) is 7.92. The van der Waals surface area contributed by atoms with Crippen LogP contribution in [0.25, 0.3) is 0 Å². The first kappa shape index (κ1) is 21.1. The lowest BCUT2D eigenvalue weighted by Crippen LogP contribution is -2.67. The summed E-state index contributed by atoms with van der Waals surface area (Å²) in [7, 11) is 0. The lowest BCUT2D eigenvalue weighted by Gasteiger charge is -2.30. The Morgan fingerprint density at radius 2 is 2.07 bits per heavy atom. The number of halogens is 4. The zero-order valence-electron chi connectivity index (χ0n) is 14.9. The van der Waals surface area contributed by atoms with Crippen molar-refractivity contribution < 1.29 is 31.9 Å². The molecule has 0 radical (unpaired) electrons. The number of carbonyl (C=O) groups is 2. The van der Waals surface area contributed by atoms with Crippen molar-refractivity contribution in [2.24, 2.45) is 4.99 Å². The maximum atomic E-state index is 14.0. The molecule has 1 aliphatic rings. The fourth-order valence-corrected chi connectivity index (χ4v) is 2.27. The zero-order chi connectivity index (χ0) is 20.9. The Bertz CT molecular complexity index is 825. The van der Waals surface area contributed by atoms with E-state index in [-0.39, 0.29) is 17.8 Å². The summed E-state index contributed by atoms with van der Waals surface area (Å²) in [4.78, 5) is 31.4. The Morgan fingerprint density at radius 1 is 1.36 bits per heavy atom. The fraction of sp³-hybridized carbons (Fsp3) is 0.375. The number of aliphatic imine (C=N–C) groups is 1. The Hall–Kier alpha value is -3.18. The molecule has 0 saturated carbocycles. The van der Waals surface area contributed by atoms with Crippen molar-refractivity contribution in [3.8, 4) is 5.88 Å². The van der Waals surface area contributed by atoms with Gasteiger partial charge >= 0.3 is 6.18 Å². The van der Waals surface area contributed by atoms with Crippen LogP contribution in [0.1, 0.15) is 18.2 Å². The highest BCUT2D eigenvalue weighted by Crippen LogP contribution is 2.21. The molecule has 3 N–H and O–H groups in total. The van der Waals surface area contributed by atoms with Crippen molar-refractivity contribution in [1.82, 2.24) is 20.9 Å². The molecule has 2 amide bonds. The van der Waals surface area contributed by atoms with Crippen LogP contribution in [0.5, 0.6) is 5.88 Å². The maximum absolute atomic E-state index is 14.0. The van der Waals surface area contributed by atoms with Gasteiger partial charge in [0.25, 0.3) is 11.8 Å². The standard InChI is InChI=1S/C16H17F4N5O3/c1-9-11(5-12(17)13(24-9)28-8-16(18,19)20)6-22-14(27)15(25-10(2)26)7-21-3-4-23-15/h3-5,7,23H,6,8H2,1-2H3,(H,22,27)(H,25,26). The number of amides is 2. The van der Waals surface area contributed by atoms with Gasteiger partial charge in [-0.1, -0.05) is 0 Å². The Labute approximate surface area is 157 Å². The molecule has 152 valence electrons. The van der Waals surface area contributed by atoms with Crippen molar-refractivity contribution in [3.05, 3.63) is 35.5 Å². The van der Waals surface area contributed by atoms with Gasteiger partial charge in [-0.3, -0.25) is 14.6 Å². The summed E-state index contributed by atoms with van der Waals surface area (Å²) >= 11 is 0. The highest BCUT2D eigenvalue weighted by atomic mass is 19.4. The molecule has 2 heterocycles. The van der Waals surface area contributed by atoms with Crippen LogP contribution in [0.2, 0.25) is 0 Å². The normalized spacial score (nSPS) is 18.4. The number of carbonyl (C=O) groups excluding carboxylic acids is 2. The van der Waals surface area contributed by atoms with Crippen molar-refractivity contribution in [2.45, 2.75) is 32.2 Å². The number of alkyl halides is 3. The average molecular weight is 403 g/mol. The van der Waals surface area contributed by atoms with E-state index < -0.39 is 42.0 Å². The van der Waals surface area contributed by atoms with Crippen LogP contribution in [0.15, 0.2) is 23.5 Å². The maximum Gasteiger partial charge on any atom is 0.422 e. The first-order valence-electron chi connectivity index (χ1n) is 7.92. The zero-order valence-corrected chi connectivity index (χ0v) is 14.9. The molecule has 1 atom stereocenters. The topological polar surface area (TPSA) is 105 Å². The van der Waals surface area contributed by atoms with Crippen LogP contribution in [0, 0.1) is 12.7 Å². The van der Waals surface area contributed by atoms with E-state index in [1.807, 2.05) is 0 Å². The second-order valence-corrected chi connectivity index (χ2v) is 5.83. The first-order chi connectivity index (χ1) is 13.0. The summed E-state index contributed by atoms with van der Waals surface area (Å²) in [6.45, 7) is 0.763. The van der Waals surface area contributed by atoms with Gasteiger partial charge < -0.3 is 20.7 Å². The van der Waals surface area contributed by atoms with Gasteiger partial charge in [-0.15, -0.1) is 0 Å². The van der Waals surface area contributed by atoms with Crippen LogP contribution in [0.4, 0.5) is 17.6 Å². The third-order valence-electron chi connectivity index (χ3n) is 3.52. The van der Waals surface area contributed by atoms with Crippen LogP contribution in [-0.4, -0.2) is 41.5 Å². The Balaban J connectivity index is 2.10. The molecule has 0 aliphatic carbocycles. The van der Waals surface area contributed by atoms with Gasteiger partial charge in [-0.25, -0.2) is 9.37 Å². The Morgan fingerprint density at radius 3 is 2.64 bits per heavy atom. The molecule has 1 aromatic rings. The summed E-state index contributed by atoms with van der Waals surface area (Å²) in [5.41, 5.74) is -1.25. The molecule has 1 aromatic heterocycles. The minimum absolute atomic E-state index is 0.164. The third kappa shape index (κ3) is 5.41. The molecule has 1 unspecified atom stereocenters. The minimum atomic E-state index is -4.63. The van der Waals surface area contributed by atoms with Crippen LogP contribution < -0.4 is 20.7 Å². The number of rotatable bonds is 6. The number of pyridine rings is 1. The predicted octanol–water partition coefficient (Wildman–Crippen LogP) is 1.06. The number of hydrogen-bond acceptors (Lipinski definition) is 6. The molecule has 1 aliphatic heterocycles. The van der Waals surface area contributed by atoms with Gasteiger partial charge in [0.2, 0.25) is 11.6 Å². The Kier molecular flexibility index (Phi) is 6.21. The number of nitrogens with zero attached hydrogens (tertiary/aromatic N) is 2. The van der Waals surface area contributed by atoms with Crippen molar-refractivity contribution in [1.29, 1.82) is 0 Å². The smallest absolute Gasteiger partial charge is 0.422 e. The van der Waals surface area contributed by atoms with E-state index in [2.05, 4.69) is 30.7 Å². The van der Waals surface area contributed by atoms with Gasteiger partial charge in [-0.05, 0) is 18.6 Å². The average Bonchev–Trinajstić information content (AvgIpc) is 2.60. The minimum Gasteiger partial charge on any atom is -0.466 e. The van der Waals surface area contributed by atoms with Gasteiger partial charge in [-0.2, -0.15) is 13.2 Å². The van der Waals surface area contributed by atoms with Gasteiger partial charge in [0, 0.05) is 31.6 Å². The molecule has 0 aromatic carbocycles. The van der Waals surface area contributed by atoms with Crippen LogP contribution >= 0.6 is 0 Å². The van der Waals surface area contributed by atoms with E-state index in [1.54, 1.807) is 0 Å². The van der Waals surface area contributed by atoms with Crippen molar-refractivity contribution in [2.75, 3.05) is 6.61 Å². The van der Waals surface area contributed by atoms with Crippen molar-refractivity contribution >= 4 is 18.0 Å². The number of aromatic nitrogens is 1. The van der Waals surface area contributed by atoms with Crippen LogP contribution in [-0.2, 0) is 16.1 Å². The molecule has 0 bridgehead atoms. The molecular formula is C16H17F4N5O3. The lowest BCUT2D eigenvalue weighted by molar-refractivity contribution is -0.154. The molecule has 28 heavy (non-hydrogen) atoms. The van der Waals surface area contributed by atoms with Gasteiger partial charge in [0.1, 0.15) is 0 Å². The van der Waals surface area contributed by atoms with Crippen molar-refractivity contribution in [3.63, 3.8) is 0 Å². The van der Waals surface area contributed by atoms with Crippen LogP contribution in [0.3, 0.4) is 0 Å². The fourth-order valence-electron chi connectivity index (χ4n) is 2.27. The number of ether oxygens (including phenoxy) is 1. The van der Waals surface area contributed by atoms with E-state index in [0.717, 1.165) is 6.07 Å². The predicted molar refractivity (Wildman–Crippen MR) is 89.6 cm³/mol. The largest absolute Gasteiger partial charge is 0.466 e. The molecule has 12 heteroatoms. The SMILES string of the molecule is CC(=O)NC1(C(=O)NCc2cc(F)c(OCC(F)(F)F)nc2C)C=NC=CN1. The van der Waals surface area contributed by atoms with E-state index in [4.69, 9.17) is 0 Å². The molecule has 0 fully saturated rings. The number of nitrogens with one attached hydrogen (secondary N) is 3. The molecule has 2 rings (SSSR count). The summed E-state index contributed by atoms with van der Waals surface area (Å²) in [6.07, 6.45) is -0.718. The highest BCUT2D eigenvalue weighted by molar-refractivity contribution is 6.06. The highest BCUT2D eigenvalue weighted by Gasteiger charge is 2.38. The molecular weight excluding hydrogens is 386 g/mol. The van der Waals surface area contributed by atoms with Gasteiger partial charge in [0.15, 0.2) is 12.4 Å². The lowest BCUT2D eigenvalue weighted by atomic mass is 10.1. The van der Waals surface area contributed by atoms with E-state index >= 15 is 0 Å². The molecule has 8 nitrogen and oxygen atoms in total. The second-order valence-electron chi connectivity index (χ2n) is 5.83. The molecule has 0 spiro atoms. The summed E-state index contributed by atoms with van der Waals surface area (Å²) in [5, 5.41) is 7.58. The van der Waals surface area contributed by atoms with E-state index in [9.17, 15) is 27.2 Å². The summed E-state index contributed by atoms with van der Waals surface area (Å²) in [5.74, 6) is -3.07. The second kappa shape index (κ2) is 8.23. The quantitative estimate of drug-likeness (QED) is 0.617. The summed E-state index contributed by atoms with van der Waals surface area (Å²) in [6, 6.07) is 0.918. The van der Waals surface area contributed by atoms with E-state index in [1.165, 1.54) is 32.5 Å². The van der Waals surface area contributed by atoms with E-state index in [0.29, 0.717) is 0 Å².